The topological polar surface area (TPSA) is 42.9 Å². The van der Waals surface area contributed by atoms with Crippen molar-refractivity contribution in [1.82, 2.24) is 20.4 Å². The molecular formula is C19H41N5. The van der Waals surface area contributed by atoms with E-state index in [1.807, 2.05) is 0 Å². The van der Waals surface area contributed by atoms with Crippen LogP contribution in [-0.4, -0.2) is 75.2 Å². The molecule has 1 fully saturated rings. The molecule has 0 radical (unpaired) electrons. The van der Waals surface area contributed by atoms with Crippen LogP contribution in [0.2, 0.25) is 0 Å². The predicted octanol–water partition coefficient (Wildman–Crippen LogP) is 2.54. The Hall–Kier alpha value is -0.810. The highest BCUT2D eigenvalue weighted by molar-refractivity contribution is 5.79. The summed E-state index contributed by atoms with van der Waals surface area (Å²) in [6.07, 6.45) is 9.45. The number of rotatable bonds is 11. The van der Waals surface area contributed by atoms with Crippen molar-refractivity contribution in [2.45, 2.75) is 64.8 Å². The molecule has 0 bridgehead atoms. The lowest BCUT2D eigenvalue weighted by atomic mass is 10.1. The summed E-state index contributed by atoms with van der Waals surface area (Å²) in [5.74, 6) is 0.977. The zero-order valence-electron chi connectivity index (χ0n) is 16.6. The Kier molecular flexibility index (Phi) is 11.9. The molecule has 0 aromatic rings. The van der Waals surface area contributed by atoms with Gasteiger partial charge in [0, 0.05) is 38.8 Å². The largest absolute Gasteiger partial charge is 0.357 e. The molecule has 0 saturated carbocycles. The highest BCUT2D eigenvalue weighted by Crippen LogP contribution is 2.07. The van der Waals surface area contributed by atoms with Gasteiger partial charge in [0.2, 0.25) is 0 Å². The van der Waals surface area contributed by atoms with Crippen LogP contribution in [0.1, 0.15) is 58.8 Å². The molecule has 2 N–H and O–H groups in total. The van der Waals surface area contributed by atoms with Crippen molar-refractivity contribution >= 4 is 5.96 Å². The molecule has 0 amide bonds. The van der Waals surface area contributed by atoms with E-state index in [0.717, 1.165) is 45.2 Å². The van der Waals surface area contributed by atoms with Crippen LogP contribution in [0.25, 0.3) is 0 Å². The van der Waals surface area contributed by atoms with E-state index in [-0.39, 0.29) is 0 Å². The fraction of sp³-hybridized carbons (Fsp3) is 0.947. The van der Waals surface area contributed by atoms with Crippen molar-refractivity contribution in [1.29, 1.82) is 0 Å². The van der Waals surface area contributed by atoms with E-state index in [2.05, 4.69) is 48.4 Å². The van der Waals surface area contributed by atoms with Gasteiger partial charge in [-0.05, 0) is 27.4 Å². The summed E-state index contributed by atoms with van der Waals surface area (Å²) in [5.41, 5.74) is 0. The molecule has 0 aromatic carbocycles. The van der Waals surface area contributed by atoms with E-state index in [1.165, 1.54) is 44.9 Å². The van der Waals surface area contributed by atoms with E-state index in [9.17, 15) is 0 Å². The first-order valence-corrected chi connectivity index (χ1v) is 10.1. The van der Waals surface area contributed by atoms with Gasteiger partial charge in [-0.25, -0.2) is 0 Å². The monoisotopic (exact) mass is 339 g/mol. The maximum absolute atomic E-state index is 4.81. The summed E-state index contributed by atoms with van der Waals surface area (Å²) in [5, 5.41) is 6.87. The number of guanidine groups is 1. The van der Waals surface area contributed by atoms with Crippen LogP contribution >= 0.6 is 0 Å². The molecule has 5 heteroatoms. The van der Waals surface area contributed by atoms with Crippen molar-refractivity contribution in [2.75, 3.05) is 53.4 Å². The third-order valence-corrected chi connectivity index (χ3v) is 4.86. The molecule has 24 heavy (non-hydrogen) atoms. The summed E-state index contributed by atoms with van der Waals surface area (Å²) in [6, 6.07) is 0.526. The summed E-state index contributed by atoms with van der Waals surface area (Å²) >= 11 is 0. The Morgan fingerprint density at radius 2 is 1.67 bits per heavy atom. The minimum absolute atomic E-state index is 0.526. The first-order valence-electron chi connectivity index (χ1n) is 10.1. The zero-order valence-corrected chi connectivity index (χ0v) is 16.6. The maximum Gasteiger partial charge on any atom is 0.191 e. The summed E-state index contributed by atoms with van der Waals surface area (Å²) < 4.78 is 0. The zero-order chi connectivity index (χ0) is 17.6. The molecule has 1 unspecified atom stereocenters. The molecule has 0 aromatic heterocycles. The van der Waals surface area contributed by atoms with Crippen molar-refractivity contribution in [3.63, 3.8) is 0 Å². The molecular weight excluding hydrogens is 298 g/mol. The molecule has 5 nitrogen and oxygen atoms in total. The Morgan fingerprint density at radius 1 is 0.958 bits per heavy atom. The fourth-order valence-corrected chi connectivity index (χ4v) is 3.13. The highest BCUT2D eigenvalue weighted by Gasteiger charge is 2.21. The Balaban J connectivity index is 2.22. The maximum atomic E-state index is 4.81. The number of hydrogen-bond acceptors (Lipinski definition) is 3. The quantitative estimate of drug-likeness (QED) is 0.345. The Labute approximate surface area is 150 Å². The first-order chi connectivity index (χ1) is 11.7. The van der Waals surface area contributed by atoms with E-state index in [4.69, 9.17) is 4.99 Å². The van der Waals surface area contributed by atoms with Crippen LogP contribution in [0.4, 0.5) is 0 Å². The van der Waals surface area contributed by atoms with Crippen LogP contribution in [0.3, 0.4) is 0 Å². The van der Waals surface area contributed by atoms with E-state index in [1.54, 1.807) is 0 Å². The van der Waals surface area contributed by atoms with Gasteiger partial charge < -0.3 is 15.5 Å². The number of aliphatic imine (C=N–C) groups is 1. The second-order valence-corrected chi connectivity index (χ2v) is 7.16. The Bertz CT molecular complexity index is 332. The molecule has 1 heterocycles. The number of unbranched alkanes of at least 4 members (excludes halogenated alkanes) is 6. The number of hydrogen-bond donors (Lipinski definition) is 2. The summed E-state index contributed by atoms with van der Waals surface area (Å²) in [6.45, 7) is 10.6. The highest BCUT2D eigenvalue weighted by atomic mass is 15.3. The fourth-order valence-electron chi connectivity index (χ4n) is 3.13. The minimum Gasteiger partial charge on any atom is -0.357 e. The molecule has 1 saturated heterocycles. The van der Waals surface area contributed by atoms with E-state index >= 15 is 0 Å². The van der Waals surface area contributed by atoms with Crippen molar-refractivity contribution in [2.24, 2.45) is 4.99 Å². The summed E-state index contributed by atoms with van der Waals surface area (Å²) in [4.78, 5) is 9.64. The summed E-state index contributed by atoms with van der Waals surface area (Å²) in [7, 11) is 4.42. The lowest BCUT2D eigenvalue weighted by molar-refractivity contribution is 0.119. The standard InChI is InChI=1S/C19H41N5/c1-5-7-8-9-10-11-12-13-21-19(20-6-2)22-16-18-17-23(3)14-15-24(18)4/h18H,5-17H2,1-4H3,(H2,20,21,22). The first kappa shape index (κ1) is 21.2. The minimum atomic E-state index is 0.526. The van der Waals surface area contributed by atoms with Gasteiger partial charge in [-0.1, -0.05) is 45.4 Å². The van der Waals surface area contributed by atoms with Gasteiger partial charge in [0.1, 0.15) is 0 Å². The van der Waals surface area contributed by atoms with Crippen LogP contribution in [-0.2, 0) is 0 Å². The van der Waals surface area contributed by atoms with Gasteiger partial charge in [-0.15, -0.1) is 0 Å². The van der Waals surface area contributed by atoms with Gasteiger partial charge in [0.25, 0.3) is 0 Å². The van der Waals surface area contributed by atoms with Gasteiger partial charge in [0.05, 0.1) is 6.54 Å². The molecule has 0 aliphatic carbocycles. The van der Waals surface area contributed by atoms with Crippen LogP contribution in [0.5, 0.6) is 0 Å². The van der Waals surface area contributed by atoms with Gasteiger partial charge in [0.15, 0.2) is 5.96 Å². The third-order valence-electron chi connectivity index (χ3n) is 4.86. The smallest absolute Gasteiger partial charge is 0.191 e. The van der Waals surface area contributed by atoms with Crippen LogP contribution in [0.15, 0.2) is 4.99 Å². The van der Waals surface area contributed by atoms with E-state index < -0.39 is 0 Å². The lowest BCUT2D eigenvalue weighted by Gasteiger charge is -2.36. The van der Waals surface area contributed by atoms with Gasteiger partial charge in [-0.2, -0.15) is 0 Å². The molecule has 1 atom stereocenters. The molecule has 0 spiro atoms. The average Bonchev–Trinajstić information content (AvgIpc) is 2.57. The second-order valence-electron chi connectivity index (χ2n) is 7.16. The van der Waals surface area contributed by atoms with Crippen molar-refractivity contribution < 1.29 is 0 Å². The van der Waals surface area contributed by atoms with Gasteiger partial charge >= 0.3 is 0 Å². The molecule has 1 aliphatic heterocycles. The van der Waals surface area contributed by atoms with Crippen LogP contribution in [0, 0.1) is 0 Å². The van der Waals surface area contributed by atoms with Crippen molar-refractivity contribution in [3.8, 4) is 0 Å². The molecule has 1 rings (SSSR count). The molecule has 142 valence electrons. The second kappa shape index (κ2) is 13.5. The number of likely N-dealkylation sites (N-methyl/N-ethyl adjacent to an activating group) is 2. The molecule has 1 aliphatic rings. The van der Waals surface area contributed by atoms with E-state index in [0.29, 0.717) is 6.04 Å². The van der Waals surface area contributed by atoms with Crippen LogP contribution < -0.4 is 10.6 Å². The Morgan fingerprint density at radius 3 is 2.38 bits per heavy atom. The third kappa shape index (κ3) is 9.48. The number of piperazine rings is 1. The lowest BCUT2D eigenvalue weighted by Crippen LogP contribution is -2.51. The predicted molar refractivity (Wildman–Crippen MR) is 106 cm³/mol. The van der Waals surface area contributed by atoms with Crippen molar-refractivity contribution in [3.05, 3.63) is 0 Å². The average molecular weight is 340 g/mol. The normalized spacial score (nSPS) is 20.3. The number of nitrogens with one attached hydrogen (secondary N) is 2. The number of nitrogens with zero attached hydrogens (tertiary/aromatic N) is 3. The van der Waals surface area contributed by atoms with Gasteiger partial charge in [-0.3, -0.25) is 9.89 Å². The SMILES string of the molecule is CCCCCCCCCNC(=NCC1CN(C)CCN1C)NCC.